The molecule has 8 nitrogen and oxygen atoms in total. The van der Waals surface area contributed by atoms with E-state index in [-0.39, 0.29) is 19.0 Å². The fourth-order valence-electron chi connectivity index (χ4n) is 2.96. The van der Waals surface area contributed by atoms with Crippen molar-refractivity contribution in [3.63, 3.8) is 0 Å². The number of nitrogens with two attached hydrogens (primary N) is 1. The van der Waals surface area contributed by atoms with Gasteiger partial charge in [-0.1, -0.05) is 24.3 Å². The van der Waals surface area contributed by atoms with Crippen LogP contribution in [-0.2, 0) is 11.3 Å². The van der Waals surface area contributed by atoms with Crippen LogP contribution in [0.4, 0.5) is 0 Å². The number of rotatable bonds is 8. The number of hydrogen-bond acceptors (Lipinski definition) is 5. The van der Waals surface area contributed by atoms with E-state index in [1.54, 1.807) is 48.5 Å². The molecule has 0 spiro atoms. The number of fused-ring (bicyclic) bond motifs is 1. The minimum Gasteiger partial charge on any atom is -0.352 e. The van der Waals surface area contributed by atoms with E-state index in [4.69, 9.17) is 5.73 Å². The SMILES string of the molecule is NCCCNC(=O)c1ccc(CNC(=O)CN2C(=O)c3ccccc3C2=O)cc1. The molecule has 4 N–H and O–H groups in total. The molecule has 2 aromatic rings. The molecule has 8 heteroatoms. The smallest absolute Gasteiger partial charge is 0.262 e. The average molecular weight is 394 g/mol. The molecule has 0 fully saturated rings. The number of nitrogens with one attached hydrogen (secondary N) is 2. The van der Waals surface area contributed by atoms with Gasteiger partial charge in [0.15, 0.2) is 0 Å². The number of nitrogens with zero attached hydrogens (tertiary/aromatic N) is 1. The van der Waals surface area contributed by atoms with Gasteiger partial charge in [-0.15, -0.1) is 0 Å². The lowest BCUT2D eigenvalue weighted by atomic mass is 10.1. The van der Waals surface area contributed by atoms with Crippen molar-refractivity contribution in [2.45, 2.75) is 13.0 Å². The molecule has 1 aliphatic rings. The fourth-order valence-corrected chi connectivity index (χ4v) is 2.96. The van der Waals surface area contributed by atoms with Gasteiger partial charge in [0.2, 0.25) is 5.91 Å². The summed E-state index contributed by atoms with van der Waals surface area (Å²) in [5, 5.41) is 5.45. The van der Waals surface area contributed by atoms with Crippen LogP contribution < -0.4 is 16.4 Å². The quantitative estimate of drug-likeness (QED) is 0.449. The van der Waals surface area contributed by atoms with E-state index in [2.05, 4.69) is 10.6 Å². The van der Waals surface area contributed by atoms with E-state index in [0.717, 1.165) is 10.5 Å². The number of benzene rings is 2. The molecule has 0 bridgehead atoms. The molecule has 0 unspecified atom stereocenters. The van der Waals surface area contributed by atoms with Crippen molar-refractivity contribution < 1.29 is 19.2 Å². The van der Waals surface area contributed by atoms with Gasteiger partial charge in [-0.05, 0) is 42.8 Å². The Morgan fingerprint density at radius 2 is 1.52 bits per heavy atom. The Morgan fingerprint density at radius 1 is 0.897 bits per heavy atom. The zero-order valence-electron chi connectivity index (χ0n) is 15.8. The van der Waals surface area contributed by atoms with Gasteiger partial charge in [-0.2, -0.15) is 0 Å². The van der Waals surface area contributed by atoms with Gasteiger partial charge in [-0.3, -0.25) is 24.1 Å². The van der Waals surface area contributed by atoms with Crippen LogP contribution in [0.2, 0.25) is 0 Å². The standard InChI is InChI=1S/C21H22N4O4/c22-10-3-11-23-19(27)15-8-6-14(7-9-15)12-24-18(26)13-25-20(28)16-4-1-2-5-17(16)21(25)29/h1-2,4-9H,3,10-13,22H2,(H,23,27)(H,24,26). The van der Waals surface area contributed by atoms with Gasteiger partial charge >= 0.3 is 0 Å². The number of amides is 4. The number of carbonyl (C=O) groups excluding carboxylic acids is 4. The van der Waals surface area contributed by atoms with E-state index in [1.165, 1.54) is 0 Å². The van der Waals surface area contributed by atoms with Gasteiger partial charge in [0.1, 0.15) is 6.54 Å². The third-order valence-electron chi connectivity index (χ3n) is 4.55. The summed E-state index contributed by atoms with van der Waals surface area (Å²) >= 11 is 0. The van der Waals surface area contributed by atoms with Crippen molar-refractivity contribution in [3.05, 3.63) is 70.8 Å². The first-order valence-corrected chi connectivity index (χ1v) is 9.30. The van der Waals surface area contributed by atoms with Crippen molar-refractivity contribution in [3.8, 4) is 0 Å². The Balaban J connectivity index is 1.51. The highest BCUT2D eigenvalue weighted by Crippen LogP contribution is 2.21. The second-order valence-electron chi connectivity index (χ2n) is 6.61. The first-order valence-electron chi connectivity index (χ1n) is 9.30. The van der Waals surface area contributed by atoms with Crippen LogP contribution in [0.25, 0.3) is 0 Å². The van der Waals surface area contributed by atoms with Crippen molar-refractivity contribution >= 4 is 23.6 Å². The molecule has 4 amide bonds. The average Bonchev–Trinajstić information content (AvgIpc) is 2.98. The molecule has 0 aromatic heterocycles. The Kier molecular flexibility index (Phi) is 6.36. The highest BCUT2D eigenvalue weighted by molar-refractivity contribution is 6.22. The Hall–Kier alpha value is -3.52. The minimum absolute atomic E-state index is 0.181. The number of imide groups is 1. The molecule has 2 aromatic carbocycles. The molecule has 0 saturated carbocycles. The third kappa shape index (κ3) is 4.67. The van der Waals surface area contributed by atoms with E-state index < -0.39 is 17.7 Å². The molecule has 150 valence electrons. The molecule has 29 heavy (non-hydrogen) atoms. The first kappa shape index (κ1) is 20.2. The van der Waals surface area contributed by atoms with E-state index in [9.17, 15) is 19.2 Å². The lowest BCUT2D eigenvalue weighted by Gasteiger charge is -2.13. The van der Waals surface area contributed by atoms with Gasteiger partial charge in [0.05, 0.1) is 11.1 Å². The zero-order chi connectivity index (χ0) is 20.8. The molecule has 0 radical (unpaired) electrons. The molecule has 3 rings (SSSR count). The van der Waals surface area contributed by atoms with Crippen LogP contribution in [0.1, 0.15) is 43.1 Å². The van der Waals surface area contributed by atoms with Crippen molar-refractivity contribution in [1.29, 1.82) is 0 Å². The summed E-state index contributed by atoms with van der Waals surface area (Å²) in [6.07, 6.45) is 0.711. The lowest BCUT2D eigenvalue weighted by Crippen LogP contribution is -2.40. The summed E-state index contributed by atoms with van der Waals surface area (Å²) in [6, 6.07) is 13.3. The summed E-state index contributed by atoms with van der Waals surface area (Å²) in [7, 11) is 0. The Labute approximate surface area is 168 Å². The van der Waals surface area contributed by atoms with Crippen molar-refractivity contribution in [1.82, 2.24) is 15.5 Å². The van der Waals surface area contributed by atoms with Crippen LogP contribution >= 0.6 is 0 Å². The van der Waals surface area contributed by atoms with E-state index >= 15 is 0 Å². The van der Waals surface area contributed by atoms with Crippen molar-refractivity contribution in [2.75, 3.05) is 19.6 Å². The highest BCUT2D eigenvalue weighted by Gasteiger charge is 2.36. The maximum absolute atomic E-state index is 12.3. The number of hydrogen-bond donors (Lipinski definition) is 3. The van der Waals surface area contributed by atoms with Gasteiger partial charge in [0, 0.05) is 18.7 Å². The monoisotopic (exact) mass is 394 g/mol. The molecular weight excluding hydrogens is 372 g/mol. The molecular formula is C21H22N4O4. The normalized spacial score (nSPS) is 12.7. The van der Waals surface area contributed by atoms with Crippen LogP contribution in [0.5, 0.6) is 0 Å². The summed E-state index contributed by atoms with van der Waals surface area (Å²) < 4.78 is 0. The minimum atomic E-state index is -0.467. The van der Waals surface area contributed by atoms with Gasteiger partial charge in [0.25, 0.3) is 17.7 Å². The Bertz CT molecular complexity index is 905. The van der Waals surface area contributed by atoms with Gasteiger partial charge in [-0.25, -0.2) is 0 Å². The summed E-state index contributed by atoms with van der Waals surface area (Å²) in [6.45, 7) is 0.912. The topological polar surface area (TPSA) is 122 Å². The second kappa shape index (κ2) is 9.11. The van der Waals surface area contributed by atoms with Crippen LogP contribution in [0.3, 0.4) is 0 Å². The van der Waals surface area contributed by atoms with E-state index in [0.29, 0.717) is 36.2 Å². The largest absolute Gasteiger partial charge is 0.352 e. The molecule has 1 heterocycles. The predicted molar refractivity (Wildman–Crippen MR) is 106 cm³/mol. The summed E-state index contributed by atoms with van der Waals surface area (Å²) in [4.78, 5) is 49.7. The highest BCUT2D eigenvalue weighted by atomic mass is 16.2. The lowest BCUT2D eigenvalue weighted by molar-refractivity contribution is -0.121. The predicted octanol–water partition coefficient (Wildman–Crippen LogP) is 0.678. The zero-order valence-corrected chi connectivity index (χ0v) is 15.8. The molecule has 0 saturated heterocycles. The maximum Gasteiger partial charge on any atom is 0.262 e. The second-order valence-corrected chi connectivity index (χ2v) is 6.61. The Morgan fingerprint density at radius 3 is 2.10 bits per heavy atom. The van der Waals surface area contributed by atoms with Gasteiger partial charge < -0.3 is 16.4 Å². The number of carbonyl (C=O) groups is 4. The third-order valence-corrected chi connectivity index (χ3v) is 4.55. The van der Waals surface area contributed by atoms with Crippen LogP contribution in [0, 0.1) is 0 Å². The molecule has 0 atom stereocenters. The summed E-state index contributed by atoms with van der Waals surface area (Å²) in [5.74, 6) is -1.56. The molecule has 1 aliphatic heterocycles. The van der Waals surface area contributed by atoms with E-state index in [1.807, 2.05) is 0 Å². The molecule has 0 aliphatic carbocycles. The van der Waals surface area contributed by atoms with Crippen LogP contribution in [-0.4, -0.2) is 48.2 Å². The summed E-state index contributed by atoms with van der Waals surface area (Å²) in [5.41, 5.74) is 7.32. The fraction of sp³-hybridized carbons (Fsp3) is 0.238. The van der Waals surface area contributed by atoms with Crippen LogP contribution in [0.15, 0.2) is 48.5 Å². The maximum atomic E-state index is 12.3. The van der Waals surface area contributed by atoms with Crippen molar-refractivity contribution in [2.24, 2.45) is 5.73 Å². The first-order chi connectivity index (χ1) is 14.0.